The van der Waals surface area contributed by atoms with Gasteiger partial charge < -0.3 is 15.5 Å². The van der Waals surface area contributed by atoms with E-state index < -0.39 is 6.04 Å². The fourth-order valence-corrected chi connectivity index (χ4v) is 2.28. The number of urea groups is 1. The molecule has 110 valence electrons. The number of piperidine rings is 1. The first kappa shape index (κ1) is 15.8. The van der Waals surface area contributed by atoms with Crippen LogP contribution in [0.3, 0.4) is 0 Å². The van der Waals surface area contributed by atoms with Gasteiger partial charge in [0, 0.05) is 19.1 Å². The highest BCUT2D eigenvalue weighted by Crippen LogP contribution is 2.17. The fourth-order valence-electron chi connectivity index (χ4n) is 2.28. The van der Waals surface area contributed by atoms with Crippen molar-refractivity contribution in [1.82, 2.24) is 15.5 Å². The van der Waals surface area contributed by atoms with Gasteiger partial charge in [0.1, 0.15) is 6.04 Å². The Morgan fingerprint density at radius 2 is 1.95 bits per heavy atom. The molecule has 3 amide bonds. The summed E-state index contributed by atoms with van der Waals surface area (Å²) < 4.78 is 0. The maximum absolute atomic E-state index is 12.3. The molecule has 1 aliphatic heterocycles. The molecule has 0 unspecified atom stereocenters. The zero-order valence-corrected chi connectivity index (χ0v) is 12.5. The molecule has 1 heterocycles. The van der Waals surface area contributed by atoms with Gasteiger partial charge in [0.2, 0.25) is 5.91 Å². The van der Waals surface area contributed by atoms with Gasteiger partial charge in [-0.3, -0.25) is 4.79 Å². The highest BCUT2D eigenvalue weighted by Gasteiger charge is 2.27. The summed E-state index contributed by atoms with van der Waals surface area (Å²) in [6.07, 6.45) is 3.29. The molecule has 19 heavy (non-hydrogen) atoms. The lowest BCUT2D eigenvalue weighted by molar-refractivity contribution is -0.136. The standard InChI is InChI=1S/C14H27N3O2/c1-10(2)9-15-14(19)16-12(4)13(18)17-8-6-5-7-11(17)3/h10-12H,5-9H2,1-4H3,(H2,15,16,19)/t11-,12-/m0/s1. The third kappa shape index (κ3) is 5.09. The number of nitrogens with one attached hydrogen (secondary N) is 2. The quantitative estimate of drug-likeness (QED) is 0.816. The maximum Gasteiger partial charge on any atom is 0.315 e. The van der Waals surface area contributed by atoms with Crippen LogP contribution in [0.15, 0.2) is 0 Å². The van der Waals surface area contributed by atoms with Crippen molar-refractivity contribution in [3.63, 3.8) is 0 Å². The summed E-state index contributed by atoms with van der Waals surface area (Å²) in [4.78, 5) is 25.8. The summed E-state index contributed by atoms with van der Waals surface area (Å²) in [5.41, 5.74) is 0. The Kier molecular flexibility index (Phi) is 6.12. The molecule has 0 aromatic carbocycles. The predicted molar refractivity (Wildman–Crippen MR) is 75.9 cm³/mol. The number of nitrogens with zero attached hydrogens (tertiary/aromatic N) is 1. The van der Waals surface area contributed by atoms with Crippen LogP contribution in [0.2, 0.25) is 0 Å². The van der Waals surface area contributed by atoms with Gasteiger partial charge in [0.05, 0.1) is 0 Å². The number of hydrogen-bond acceptors (Lipinski definition) is 2. The molecule has 1 saturated heterocycles. The van der Waals surface area contributed by atoms with Crippen LogP contribution in [-0.4, -0.2) is 42.0 Å². The Morgan fingerprint density at radius 1 is 1.26 bits per heavy atom. The Bertz CT molecular complexity index is 318. The molecule has 0 aromatic rings. The van der Waals surface area contributed by atoms with E-state index >= 15 is 0 Å². The van der Waals surface area contributed by atoms with Crippen LogP contribution < -0.4 is 10.6 Å². The van der Waals surface area contributed by atoms with E-state index in [1.165, 1.54) is 6.42 Å². The molecule has 2 atom stereocenters. The van der Waals surface area contributed by atoms with Crippen molar-refractivity contribution in [3.8, 4) is 0 Å². The van der Waals surface area contributed by atoms with E-state index in [-0.39, 0.29) is 18.0 Å². The summed E-state index contributed by atoms with van der Waals surface area (Å²) in [7, 11) is 0. The van der Waals surface area contributed by atoms with E-state index in [2.05, 4.69) is 17.6 Å². The lowest BCUT2D eigenvalue weighted by Gasteiger charge is -2.35. The van der Waals surface area contributed by atoms with Crippen LogP contribution in [-0.2, 0) is 4.79 Å². The highest BCUT2D eigenvalue weighted by atomic mass is 16.2. The van der Waals surface area contributed by atoms with Crippen molar-refractivity contribution in [3.05, 3.63) is 0 Å². The van der Waals surface area contributed by atoms with Crippen molar-refractivity contribution in [2.45, 2.75) is 59.0 Å². The number of hydrogen-bond donors (Lipinski definition) is 2. The van der Waals surface area contributed by atoms with E-state index in [1.807, 2.05) is 18.7 Å². The molecule has 5 heteroatoms. The van der Waals surface area contributed by atoms with Crippen LogP contribution in [0.4, 0.5) is 4.79 Å². The van der Waals surface area contributed by atoms with Crippen molar-refractivity contribution in [1.29, 1.82) is 0 Å². The summed E-state index contributed by atoms with van der Waals surface area (Å²) in [5.74, 6) is 0.422. The molecule has 1 aliphatic rings. The molecule has 0 aliphatic carbocycles. The molecule has 1 rings (SSSR count). The minimum absolute atomic E-state index is 0.0203. The van der Waals surface area contributed by atoms with Crippen molar-refractivity contribution < 1.29 is 9.59 Å². The van der Waals surface area contributed by atoms with E-state index in [0.717, 1.165) is 19.4 Å². The molecule has 0 saturated carbocycles. The molecular weight excluding hydrogens is 242 g/mol. The van der Waals surface area contributed by atoms with E-state index in [1.54, 1.807) is 6.92 Å². The summed E-state index contributed by atoms with van der Waals surface area (Å²) in [6, 6.07) is -0.448. The average Bonchev–Trinajstić information content (AvgIpc) is 2.36. The zero-order valence-electron chi connectivity index (χ0n) is 12.5. The normalized spacial score (nSPS) is 21.1. The minimum atomic E-state index is -0.465. The Balaban J connectivity index is 2.41. The first-order valence-corrected chi connectivity index (χ1v) is 7.26. The topological polar surface area (TPSA) is 61.4 Å². The van der Waals surface area contributed by atoms with Gasteiger partial charge >= 0.3 is 6.03 Å². The highest BCUT2D eigenvalue weighted by molar-refractivity contribution is 5.86. The average molecular weight is 269 g/mol. The second-order valence-electron chi connectivity index (χ2n) is 5.85. The van der Waals surface area contributed by atoms with E-state index in [9.17, 15) is 9.59 Å². The third-order valence-electron chi connectivity index (χ3n) is 3.47. The zero-order chi connectivity index (χ0) is 14.4. The van der Waals surface area contributed by atoms with Gasteiger partial charge in [0.25, 0.3) is 0 Å². The van der Waals surface area contributed by atoms with Gasteiger partial charge in [-0.2, -0.15) is 0 Å². The molecule has 0 radical (unpaired) electrons. The lowest BCUT2D eigenvalue weighted by atomic mass is 10.0. The number of carbonyl (C=O) groups is 2. The second kappa shape index (κ2) is 7.36. The molecule has 1 fully saturated rings. The number of likely N-dealkylation sites (tertiary alicyclic amines) is 1. The van der Waals surface area contributed by atoms with Gasteiger partial charge in [-0.1, -0.05) is 13.8 Å². The largest absolute Gasteiger partial charge is 0.338 e. The van der Waals surface area contributed by atoms with Crippen LogP contribution in [0.1, 0.15) is 47.0 Å². The van der Waals surface area contributed by atoms with Crippen molar-refractivity contribution >= 4 is 11.9 Å². The lowest BCUT2D eigenvalue weighted by Crippen LogP contribution is -2.53. The van der Waals surface area contributed by atoms with Crippen LogP contribution >= 0.6 is 0 Å². The molecular formula is C14H27N3O2. The summed E-state index contributed by atoms with van der Waals surface area (Å²) in [6.45, 7) is 9.31. The minimum Gasteiger partial charge on any atom is -0.338 e. The van der Waals surface area contributed by atoms with Crippen LogP contribution in [0.25, 0.3) is 0 Å². The summed E-state index contributed by atoms with van der Waals surface area (Å²) in [5, 5.41) is 5.47. The number of amides is 3. The Morgan fingerprint density at radius 3 is 2.53 bits per heavy atom. The second-order valence-corrected chi connectivity index (χ2v) is 5.85. The van der Waals surface area contributed by atoms with Crippen LogP contribution in [0.5, 0.6) is 0 Å². The van der Waals surface area contributed by atoms with E-state index in [4.69, 9.17) is 0 Å². The first-order chi connectivity index (χ1) is 8.91. The van der Waals surface area contributed by atoms with Crippen molar-refractivity contribution in [2.75, 3.05) is 13.1 Å². The van der Waals surface area contributed by atoms with Gasteiger partial charge in [-0.25, -0.2) is 4.79 Å². The Labute approximate surface area is 116 Å². The SMILES string of the molecule is CC(C)CNC(=O)N[C@@H](C)C(=O)N1CCCC[C@@H]1C. The van der Waals surface area contributed by atoms with Gasteiger partial charge in [0.15, 0.2) is 0 Å². The molecule has 0 aromatic heterocycles. The number of rotatable bonds is 4. The van der Waals surface area contributed by atoms with Crippen LogP contribution in [0, 0.1) is 5.92 Å². The first-order valence-electron chi connectivity index (χ1n) is 7.26. The monoisotopic (exact) mass is 269 g/mol. The Hall–Kier alpha value is -1.26. The number of carbonyl (C=O) groups excluding carboxylic acids is 2. The third-order valence-corrected chi connectivity index (χ3v) is 3.47. The predicted octanol–water partition coefficient (Wildman–Crippen LogP) is 1.73. The maximum atomic E-state index is 12.3. The smallest absolute Gasteiger partial charge is 0.315 e. The molecule has 0 bridgehead atoms. The molecule has 2 N–H and O–H groups in total. The van der Waals surface area contributed by atoms with E-state index in [0.29, 0.717) is 12.5 Å². The molecule has 0 spiro atoms. The van der Waals surface area contributed by atoms with Crippen molar-refractivity contribution in [2.24, 2.45) is 5.92 Å². The van der Waals surface area contributed by atoms with Gasteiger partial charge in [-0.05, 0) is 39.0 Å². The van der Waals surface area contributed by atoms with Gasteiger partial charge in [-0.15, -0.1) is 0 Å². The summed E-state index contributed by atoms with van der Waals surface area (Å²) >= 11 is 0. The molecule has 5 nitrogen and oxygen atoms in total. The fraction of sp³-hybridized carbons (Fsp3) is 0.857.